The van der Waals surface area contributed by atoms with E-state index in [9.17, 15) is 9.59 Å². The maximum atomic E-state index is 12.6. The van der Waals surface area contributed by atoms with Crippen molar-refractivity contribution in [3.63, 3.8) is 0 Å². The van der Waals surface area contributed by atoms with Crippen LogP contribution in [0.25, 0.3) is 0 Å². The van der Waals surface area contributed by atoms with Crippen molar-refractivity contribution in [1.82, 2.24) is 4.90 Å². The summed E-state index contributed by atoms with van der Waals surface area (Å²) in [6, 6.07) is 14.9. The smallest absolute Gasteiger partial charge is 0.255 e. The van der Waals surface area contributed by atoms with Gasteiger partial charge in [-0.1, -0.05) is 19.4 Å². The molecule has 1 fully saturated rings. The molecule has 0 radical (unpaired) electrons. The molecular formula is C23H29N3O2. The molecule has 5 heteroatoms. The minimum atomic E-state index is -0.209. The number of amides is 2. The van der Waals surface area contributed by atoms with Crippen molar-refractivity contribution in [2.24, 2.45) is 0 Å². The van der Waals surface area contributed by atoms with E-state index in [1.807, 2.05) is 24.3 Å². The van der Waals surface area contributed by atoms with E-state index in [1.54, 1.807) is 36.2 Å². The Morgan fingerprint density at radius 2 is 1.71 bits per heavy atom. The van der Waals surface area contributed by atoms with Gasteiger partial charge in [-0.25, -0.2) is 0 Å². The van der Waals surface area contributed by atoms with Gasteiger partial charge < -0.3 is 15.1 Å². The maximum absolute atomic E-state index is 12.6. The number of unbranched alkanes of at least 4 members (excludes halogenated alkanes) is 1. The highest BCUT2D eigenvalue weighted by Crippen LogP contribution is 2.22. The van der Waals surface area contributed by atoms with Crippen molar-refractivity contribution < 1.29 is 9.59 Å². The average molecular weight is 380 g/mol. The molecular weight excluding hydrogens is 350 g/mol. The summed E-state index contributed by atoms with van der Waals surface area (Å²) < 4.78 is 0. The lowest BCUT2D eigenvalue weighted by Crippen LogP contribution is -2.28. The van der Waals surface area contributed by atoms with Crippen LogP contribution in [-0.2, 0) is 0 Å². The number of nitrogens with one attached hydrogen (secondary N) is 1. The van der Waals surface area contributed by atoms with Crippen LogP contribution in [0, 0.1) is 0 Å². The van der Waals surface area contributed by atoms with Crippen LogP contribution in [0.4, 0.5) is 11.4 Å². The first-order valence-electron chi connectivity index (χ1n) is 10.1. The van der Waals surface area contributed by atoms with Gasteiger partial charge in [0.2, 0.25) is 0 Å². The molecule has 5 nitrogen and oxygen atoms in total. The van der Waals surface area contributed by atoms with Gasteiger partial charge in [-0.2, -0.15) is 0 Å². The van der Waals surface area contributed by atoms with Crippen LogP contribution < -0.4 is 10.2 Å². The number of nitrogens with zero attached hydrogens (tertiary/aromatic N) is 2. The number of benzene rings is 2. The summed E-state index contributed by atoms with van der Waals surface area (Å²) in [4.78, 5) is 29.2. The van der Waals surface area contributed by atoms with Crippen LogP contribution >= 0.6 is 0 Å². The zero-order valence-corrected chi connectivity index (χ0v) is 16.8. The molecule has 2 aromatic carbocycles. The van der Waals surface area contributed by atoms with E-state index in [4.69, 9.17) is 0 Å². The van der Waals surface area contributed by atoms with Gasteiger partial charge in [-0.3, -0.25) is 9.59 Å². The molecule has 1 heterocycles. The molecule has 2 amide bonds. The Labute approximate surface area is 167 Å². The summed E-state index contributed by atoms with van der Waals surface area (Å²) in [5, 5.41) is 2.92. The fourth-order valence-corrected chi connectivity index (χ4v) is 3.44. The topological polar surface area (TPSA) is 52.7 Å². The average Bonchev–Trinajstić information content (AvgIpc) is 3.27. The third kappa shape index (κ3) is 4.91. The highest BCUT2D eigenvalue weighted by molar-refractivity contribution is 6.06. The predicted molar refractivity (Wildman–Crippen MR) is 114 cm³/mol. The van der Waals surface area contributed by atoms with Crippen LogP contribution in [0.5, 0.6) is 0 Å². The SMILES string of the molecule is CCCCN(C)C(=O)c1cccc(C(=O)Nc2ccc(N3CCCC3)cc2)c1. The summed E-state index contributed by atoms with van der Waals surface area (Å²) in [6.45, 7) is 5.01. The first-order valence-corrected chi connectivity index (χ1v) is 10.1. The second-order valence-electron chi connectivity index (χ2n) is 7.36. The molecule has 0 saturated carbocycles. The van der Waals surface area contributed by atoms with E-state index in [1.165, 1.54) is 18.5 Å². The van der Waals surface area contributed by atoms with E-state index in [0.29, 0.717) is 11.1 Å². The van der Waals surface area contributed by atoms with Crippen molar-refractivity contribution in [2.75, 3.05) is 36.9 Å². The van der Waals surface area contributed by atoms with Gasteiger partial charge in [0.25, 0.3) is 11.8 Å². The fraction of sp³-hybridized carbons (Fsp3) is 0.391. The summed E-state index contributed by atoms with van der Waals surface area (Å²) >= 11 is 0. The van der Waals surface area contributed by atoms with Crippen molar-refractivity contribution >= 4 is 23.2 Å². The third-order valence-corrected chi connectivity index (χ3v) is 5.16. The molecule has 1 N–H and O–H groups in total. The molecule has 0 unspecified atom stereocenters. The second-order valence-corrected chi connectivity index (χ2v) is 7.36. The van der Waals surface area contributed by atoms with Crippen LogP contribution in [0.3, 0.4) is 0 Å². The van der Waals surface area contributed by atoms with Gasteiger partial charge in [0, 0.05) is 49.2 Å². The Kier molecular flexibility index (Phi) is 6.69. The maximum Gasteiger partial charge on any atom is 0.255 e. The molecule has 0 aliphatic carbocycles. The fourth-order valence-electron chi connectivity index (χ4n) is 3.44. The van der Waals surface area contributed by atoms with Crippen LogP contribution in [0.1, 0.15) is 53.3 Å². The Morgan fingerprint density at radius 3 is 2.39 bits per heavy atom. The molecule has 1 aliphatic rings. The Hall–Kier alpha value is -2.82. The highest BCUT2D eigenvalue weighted by atomic mass is 16.2. The van der Waals surface area contributed by atoms with Crippen molar-refractivity contribution in [3.8, 4) is 0 Å². The van der Waals surface area contributed by atoms with Crippen molar-refractivity contribution in [3.05, 3.63) is 59.7 Å². The molecule has 148 valence electrons. The van der Waals surface area contributed by atoms with Gasteiger partial charge in [0.05, 0.1) is 0 Å². The van der Waals surface area contributed by atoms with Crippen molar-refractivity contribution in [1.29, 1.82) is 0 Å². The summed E-state index contributed by atoms with van der Waals surface area (Å²) in [5.41, 5.74) is 2.97. The number of carbonyl (C=O) groups excluding carboxylic acids is 2. The molecule has 0 aromatic heterocycles. The minimum Gasteiger partial charge on any atom is -0.372 e. The number of carbonyl (C=O) groups is 2. The Balaban J connectivity index is 1.65. The number of rotatable bonds is 7. The first-order chi connectivity index (χ1) is 13.6. The zero-order chi connectivity index (χ0) is 19.9. The lowest BCUT2D eigenvalue weighted by Gasteiger charge is -2.18. The quantitative estimate of drug-likeness (QED) is 0.775. The van der Waals surface area contributed by atoms with Crippen molar-refractivity contribution in [2.45, 2.75) is 32.6 Å². The second kappa shape index (κ2) is 9.40. The Morgan fingerprint density at radius 1 is 1.04 bits per heavy atom. The largest absolute Gasteiger partial charge is 0.372 e. The Bertz CT molecular complexity index is 811. The number of hydrogen-bond acceptors (Lipinski definition) is 3. The van der Waals surface area contributed by atoms with Gasteiger partial charge in [0.15, 0.2) is 0 Å². The molecule has 28 heavy (non-hydrogen) atoms. The van der Waals surface area contributed by atoms with Gasteiger partial charge >= 0.3 is 0 Å². The molecule has 2 aromatic rings. The van der Waals surface area contributed by atoms with E-state index >= 15 is 0 Å². The minimum absolute atomic E-state index is 0.0573. The zero-order valence-electron chi connectivity index (χ0n) is 16.8. The number of hydrogen-bond donors (Lipinski definition) is 1. The molecule has 0 atom stereocenters. The predicted octanol–water partition coefficient (Wildman–Crippen LogP) is 4.41. The van der Waals surface area contributed by atoms with Crippen LogP contribution in [0.15, 0.2) is 48.5 Å². The van der Waals surface area contributed by atoms with E-state index in [0.717, 1.165) is 38.2 Å². The highest BCUT2D eigenvalue weighted by Gasteiger charge is 2.15. The molecule has 0 bridgehead atoms. The lowest BCUT2D eigenvalue weighted by molar-refractivity contribution is 0.0793. The van der Waals surface area contributed by atoms with Gasteiger partial charge in [0.1, 0.15) is 0 Å². The van der Waals surface area contributed by atoms with Crippen LogP contribution in [-0.4, -0.2) is 43.4 Å². The standard InChI is InChI=1S/C23H29N3O2/c1-3-4-14-25(2)23(28)19-9-7-8-18(17-19)22(27)24-20-10-12-21(13-11-20)26-15-5-6-16-26/h7-13,17H,3-6,14-16H2,1-2H3,(H,24,27). The van der Waals surface area contributed by atoms with Gasteiger partial charge in [-0.15, -0.1) is 0 Å². The first kappa shape index (κ1) is 19.9. The molecule has 0 spiro atoms. The van der Waals surface area contributed by atoms with E-state index < -0.39 is 0 Å². The molecule has 1 saturated heterocycles. The normalized spacial score (nSPS) is 13.4. The van der Waals surface area contributed by atoms with Crippen LogP contribution in [0.2, 0.25) is 0 Å². The third-order valence-electron chi connectivity index (χ3n) is 5.16. The summed E-state index contributed by atoms with van der Waals surface area (Å²) in [7, 11) is 1.80. The molecule has 3 rings (SSSR count). The van der Waals surface area contributed by atoms with E-state index in [-0.39, 0.29) is 11.8 Å². The monoisotopic (exact) mass is 379 g/mol. The number of anilines is 2. The summed E-state index contributed by atoms with van der Waals surface area (Å²) in [5.74, 6) is -0.266. The van der Waals surface area contributed by atoms with E-state index in [2.05, 4.69) is 17.1 Å². The molecule has 1 aliphatic heterocycles. The summed E-state index contributed by atoms with van der Waals surface area (Å²) in [6.07, 6.45) is 4.48. The lowest BCUT2D eigenvalue weighted by atomic mass is 10.1. The van der Waals surface area contributed by atoms with Gasteiger partial charge in [-0.05, 0) is 61.7 Å².